The fraction of sp³-hybridized carbons (Fsp3) is 0.167. The molecule has 0 radical (unpaired) electrons. The molecule has 0 unspecified atom stereocenters. The highest BCUT2D eigenvalue weighted by Crippen LogP contribution is 2.22. The van der Waals surface area contributed by atoms with Gasteiger partial charge in [-0.3, -0.25) is 4.79 Å². The van der Waals surface area contributed by atoms with Crippen molar-refractivity contribution in [3.63, 3.8) is 0 Å². The van der Waals surface area contributed by atoms with Gasteiger partial charge < -0.3 is 4.57 Å². The maximum atomic E-state index is 12.1. The fourth-order valence-electron chi connectivity index (χ4n) is 2.62. The van der Waals surface area contributed by atoms with Gasteiger partial charge in [-0.15, -0.1) is 0 Å². The maximum Gasteiger partial charge on any atom is 0.175 e. The average molecular weight is 342 g/mol. The first-order valence-corrected chi connectivity index (χ1v) is 8.12. The average Bonchev–Trinajstić information content (AvgIpc) is 2.92. The van der Waals surface area contributed by atoms with Gasteiger partial charge in [-0.25, -0.2) is 0 Å². The van der Waals surface area contributed by atoms with Crippen LogP contribution in [0, 0.1) is 0 Å². The number of nitrogens with zero attached hydrogens (tertiary/aromatic N) is 1. The molecule has 0 fully saturated rings. The van der Waals surface area contributed by atoms with Gasteiger partial charge in [-0.05, 0) is 18.1 Å². The summed E-state index contributed by atoms with van der Waals surface area (Å²) in [6, 6.07) is 18.5. The van der Waals surface area contributed by atoms with Gasteiger partial charge in [0.25, 0.3) is 0 Å². The van der Waals surface area contributed by atoms with Crippen LogP contribution in [0.3, 0.4) is 0 Å². The van der Waals surface area contributed by atoms with E-state index in [0.717, 1.165) is 29.4 Å². The van der Waals surface area contributed by atoms with Gasteiger partial charge in [0.15, 0.2) is 5.78 Å². The van der Waals surface area contributed by atoms with Crippen molar-refractivity contribution in [2.45, 2.75) is 13.0 Å². The lowest BCUT2D eigenvalue weighted by Crippen LogP contribution is -2.01. The van der Waals surface area contributed by atoms with Crippen LogP contribution >= 0.6 is 15.9 Å². The number of alkyl halides is 1. The molecule has 3 rings (SSSR count). The van der Waals surface area contributed by atoms with Crippen molar-refractivity contribution in [1.29, 1.82) is 0 Å². The highest BCUT2D eigenvalue weighted by molar-refractivity contribution is 9.09. The molecule has 0 saturated heterocycles. The van der Waals surface area contributed by atoms with Gasteiger partial charge in [-0.1, -0.05) is 64.5 Å². The van der Waals surface area contributed by atoms with E-state index in [1.54, 1.807) is 0 Å². The number of hydrogen-bond donors (Lipinski definition) is 0. The number of hydrogen-bond acceptors (Lipinski definition) is 1. The summed E-state index contributed by atoms with van der Waals surface area (Å²) in [4.78, 5) is 12.1. The summed E-state index contributed by atoms with van der Waals surface area (Å²) in [7, 11) is 0. The van der Waals surface area contributed by atoms with Gasteiger partial charge >= 0.3 is 0 Å². The van der Waals surface area contributed by atoms with Crippen molar-refractivity contribution in [1.82, 2.24) is 4.57 Å². The molecule has 0 spiro atoms. The van der Waals surface area contributed by atoms with Crippen molar-refractivity contribution in [3.05, 3.63) is 71.9 Å². The van der Waals surface area contributed by atoms with Gasteiger partial charge in [-0.2, -0.15) is 0 Å². The molecule has 106 valence electrons. The van der Waals surface area contributed by atoms with Crippen LogP contribution in [0.25, 0.3) is 10.9 Å². The van der Waals surface area contributed by atoms with Gasteiger partial charge in [0.1, 0.15) is 0 Å². The molecular weight excluding hydrogens is 326 g/mol. The molecule has 0 saturated carbocycles. The van der Waals surface area contributed by atoms with E-state index in [1.807, 2.05) is 30.5 Å². The monoisotopic (exact) mass is 341 g/mol. The van der Waals surface area contributed by atoms with E-state index in [4.69, 9.17) is 0 Å². The first-order chi connectivity index (χ1) is 10.3. The maximum absolute atomic E-state index is 12.1. The lowest BCUT2D eigenvalue weighted by Gasteiger charge is -2.05. The topological polar surface area (TPSA) is 22.0 Å². The van der Waals surface area contributed by atoms with E-state index in [2.05, 4.69) is 50.8 Å². The van der Waals surface area contributed by atoms with E-state index in [9.17, 15) is 4.79 Å². The van der Waals surface area contributed by atoms with Crippen LogP contribution in [0.4, 0.5) is 0 Å². The third-order valence-electron chi connectivity index (χ3n) is 3.69. The Hall–Kier alpha value is -1.87. The Balaban J connectivity index is 1.93. The first-order valence-electron chi connectivity index (χ1n) is 7.00. The number of aryl methyl sites for hydroxylation is 2. The van der Waals surface area contributed by atoms with Crippen molar-refractivity contribution in [3.8, 4) is 0 Å². The number of aromatic nitrogens is 1. The molecule has 0 amide bonds. The zero-order chi connectivity index (χ0) is 14.7. The molecule has 1 aromatic heterocycles. The molecule has 0 N–H and O–H groups in total. The Labute approximate surface area is 132 Å². The summed E-state index contributed by atoms with van der Waals surface area (Å²) in [5, 5.41) is 1.40. The Kier molecular flexibility index (Phi) is 4.20. The zero-order valence-electron chi connectivity index (χ0n) is 11.6. The third-order valence-corrected chi connectivity index (χ3v) is 4.20. The van der Waals surface area contributed by atoms with Crippen molar-refractivity contribution in [2.75, 3.05) is 5.33 Å². The largest absolute Gasteiger partial charge is 0.346 e. The van der Waals surface area contributed by atoms with Crippen LogP contribution in [0.2, 0.25) is 0 Å². The second-order valence-corrected chi connectivity index (χ2v) is 5.61. The van der Waals surface area contributed by atoms with Gasteiger partial charge in [0, 0.05) is 29.2 Å². The van der Waals surface area contributed by atoms with Crippen molar-refractivity contribution in [2.24, 2.45) is 0 Å². The lowest BCUT2D eigenvalue weighted by molar-refractivity contribution is 0.102. The number of fused-ring (bicyclic) bond motifs is 1. The highest BCUT2D eigenvalue weighted by atomic mass is 79.9. The number of ketones is 1. The highest BCUT2D eigenvalue weighted by Gasteiger charge is 2.13. The number of Topliss-reactive ketones (excluding diaryl/α,β-unsaturated/α-hetero) is 1. The van der Waals surface area contributed by atoms with Crippen molar-refractivity contribution < 1.29 is 4.79 Å². The molecule has 3 aromatic rings. The van der Waals surface area contributed by atoms with Gasteiger partial charge in [0.2, 0.25) is 0 Å². The quantitative estimate of drug-likeness (QED) is 0.496. The lowest BCUT2D eigenvalue weighted by atomic mass is 10.1. The van der Waals surface area contributed by atoms with Crippen molar-refractivity contribution >= 4 is 32.6 Å². The summed E-state index contributed by atoms with van der Waals surface area (Å²) in [6.45, 7) is 0.875. The van der Waals surface area contributed by atoms with Crippen LogP contribution in [-0.2, 0) is 13.0 Å². The molecule has 0 atom stereocenters. The Morgan fingerprint density at radius 3 is 2.48 bits per heavy atom. The van der Waals surface area contributed by atoms with Crippen LogP contribution in [0.1, 0.15) is 15.9 Å². The predicted octanol–water partition coefficient (Wildman–Crippen LogP) is 4.46. The van der Waals surface area contributed by atoms with Crippen LogP contribution in [-0.4, -0.2) is 15.7 Å². The van der Waals surface area contributed by atoms with Gasteiger partial charge in [0.05, 0.1) is 5.33 Å². The molecule has 0 aliphatic heterocycles. The minimum atomic E-state index is 0.129. The standard InChI is InChI=1S/C18H16BrNO/c19-12-18(21)16-13-20(17-9-5-4-8-15(16)17)11-10-14-6-2-1-3-7-14/h1-9,13H,10-12H2. The molecule has 0 aliphatic carbocycles. The summed E-state index contributed by atoms with van der Waals surface area (Å²) in [5.74, 6) is 0.129. The molecule has 2 nitrogen and oxygen atoms in total. The smallest absolute Gasteiger partial charge is 0.175 e. The SMILES string of the molecule is O=C(CBr)c1cn(CCc2ccccc2)c2ccccc12. The van der Waals surface area contributed by atoms with E-state index in [1.165, 1.54) is 5.56 Å². The summed E-state index contributed by atoms with van der Waals surface area (Å²) < 4.78 is 2.18. The molecule has 0 bridgehead atoms. The Morgan fingerprint density at radius 2 is 1.71 bits per heavy atom. The fourth-order valence-corrected chi connectivity index (χ4v) is 2.92. The number of halogens is 1. The second kappa shape index (κ2) is 6.27. The number of rotatable bonds is 5. The Morgan fingerprint density at radius 1 is 1.00 bits per heavy atom. The van der Waals surface area contributed by atoms with Crippen LogP contribution in [0.15, 0.2) is 60.8 Å². The summed E-state index contributed by atoms with van der Waals surface area (Å²) >= 11 is 3.26. The van der Waals surface area contributed by atoms with Crippen LogP contribution in [0.5, 0.6) is 0 Å². The molecular formula is C18H16BrNO. The minimum Gasteiger partial charge on any atom is -0.346 e. The normalized spacial score (nSPS) is 10.9. The van der Waals surface area contributed by atoms with E-state index < -0.39 is 0 Å². The summed E-state index contributed by atoms with van der Waals surface area (Å²) in [5.41, 5.74) is 3.23. The molecule has 21 heavy (non-hydrogen) atoms. The van der Waals surface area contributed by atoms with E-state index in [-0.39, 0.29) is 5.78 Å². The minimum absolute atomic E-state index is 0.129. The Bertz CT molecular complexity index is 761. The molecule has 3 heteroatoms. The number of carbonyl (C=O) groups is 1. The second-order valence-electron chi connectivity index (χ2n) is 5.05. The van der Waals surface area contributed by atoms with E-state index in [0.29, 0.717) is 5.33 Å². The first kappa shape index (κ1) is 14.1. The summed E-state index contributed by atoms with van der Waals surface area (Å²) in [6.07, 6.45) is 2.94. The number of benzene rings is 2. The molecule has 2 aromatic carbocycles. The molecule has 0 aliphatic rings. The number of carbonyl (C=O) groups excluding carboxylic acids is 1. The molecule has 1 heterocycles. The third kappa shape index (κ3) is 2.93. The van der Waals surface area contributed by atoms with Crippen LogP contribution < -0.4 is 0 Å². The zero-order valence-corrected chi connectivity index (χ0v) is 13.2. The number of para-hydroxylation sites is 1. The van der Waals surface area contributed by atoms with E-state index >= 15 is 0 Å². The predicted molar refractivity (Wildman–Crippen MR) is 90.2 cm³/mol.